The summed E-state index contributed by atoms with van der Waals surface area (Å²) >= 11 is 1.27. The van der Waals surface area contributed by atoms with E-state index in [0.717, 1.165) is 17.5 Å². The first-order valence-corrected chi connectivity index (χ1v) is 9.77. The van der Waals surface area contributed by atoms with Gasteiger partial charge in [-0.15, -0.1) is 0 Å². The molecule has 1 aliphatic rings. The van der Waals surface area contributed by atoms with E-state index in [0.29, 0.717) is 10.6 Å². The van der Waals surface area contributed by atoms with Crippen LogP contribution in [0.2, 0.25) is 0 Å². The molecule has 1 saturated carbocycles. The van der Waals surface area contributed by atoms with Gasteiger partial charge in [-0.05, 0) is 25.0 Å². The number of hydrogen-bond donors (Lipinski definition) is 1. The van der Waals surface area contributed by atoms with E-state index in [-0.39, 0.29) is 22.6 Å². The second-order valence-electron chi connectivity index (χ2n) is 5.83. The third-order valence-corrected chi connectivity index (χ3v) is 5.75. The maximum absolute atomic E-state index is 12.2. The zero-order valence-corrected chi connectivity index (χ0v) is 14.8. The van der Waals surface area contributed by atoms with Gasteiger partial charge >= 0.3 is 10.1 Å². The van der Waals surface area contributed by atoms with Gasteiger partial charge in [0.2, 0.25) is 10.9 Å². The van der Waals surface area contributed by atoms with Crippen molar-refractivity contribution in [3.8, 4) is 5.75 Å². The lowest BCUT2D eigenvalue weighted by Crippen LogP contribution is -2.12. The fraction of sp³-hybridized carbons (Fsp3) is 0.267. The van der Waals surface area contributed by atoms with Crippen molar-refractivity contribution in [2.75, 3.05) is 5.32 Å². The number of benzene rings is 1. The van der Waals surface area contributed by atoms with Gasteiger partial charge in [-0.25, -0.2) is 9.97 Å². The van der Waals surface area contributed by atoms with Gasteiger partial charge in [0.1, 0.15) is 5.75 Å². The van der Waals surface area contributed by atoms with E-state index >= 15 is 0 Å². The molecule has 130 valence electrons. The van der Waals surface area contributed by atoms with Crippen LogP contribution >= 0.6 is 11.3 Å². The Morgan fingerprint density at radius 3 is 2.88 bits per heavy atom. The van der Waals surface area contributed by atoms with Crippen molar-refractivity contribution in [2.24, 2.45) is 13.0 Å². The lowest BCUT2D eigenvalue weighted by atomic mass is 10.3. The molecule has 0 saturated heterocycles. The zero-order chi connectivity index (χ0) is 17.6. The van der Waals surface area contributed by atoms with Gasteiger partial charge in [0.25, 0.3) is 0 Å². The molecule has 1 N–H and O–H groups in total. The minimum Gasteiger partial charge on any atom is -0.378 e. The number of nitrogens with zero attached hydrogens (tertiary/aromatic N) is 3. The van der Waals surface area contributed by atoms with Crippen molar-refractivity contribution >= 4 is 42.7 Å². The number of aryl methyl sites for hydroxylation is 1. The number of nitrogens with one attached hydrogen (secondary N) is 1. The van der Waals surface area contributed by atoms with E-state index in [9.17, 15) is 13.2 Å². The van der Waals surface area contributed by atoms with Crippen LogP contribution in [0.1, 0.15) is 12.8 Å². The second-order valence-corrected chi connectivity index (χ2v) is 8.35. The summed E-state index contributed by atoms with van der Waals surface area (Å²) in [6, 6.07) is 4.76. The monoisotopic (exact) mass is 378 g/mol. The highest BCUT2D eigenvalue weighted by Crippen LogP contribution is 2.33. The van der Waals surface area contributed by atoms with Crippen LogP contribution in [0.25, 0.3) is 10.2 Å². The molecular weight excluding hydrogens is 364 g/mol. The van der Waals surface area contributed by atoms with Crippen LogP contribution in [0.4, 0.5) is 5.13 Å². The Labute approximate surface area is 147 Å². The third kappa shape index (κ3) is 3.35. The molecule has 1 fully saturated rings. The van der Waals surface area contributed by atoms with Crippen molar-refractivity contribution in [3.05, 3.63) is 30.7 Å². The predicted molar refractivity (Wildman–Crippen MR) is 92.0 cm³/mol. The molecule has 8 nitrogen and oxygen atoms in total. The molecule has 3 aromatic rings. The average molecular weight is 378 g/mol. The number of anilines is 1. The molecule has 1 aliphatic carbocycles. The first kappa shape index (κ1) is 16.0. The van der Waals surface area contributed by atoms with Crippen LogP contribution in [0, 0.1) is 5.92 Å². The average Bonchev–Trinajstić information content (AvgIpc) is 3.19. The van der Waals surface area contributed by atoms with Gasteiger partial charge in [-0.2, -0.15) is 8.42 Å². The third-order valence-electron chi connectivity index (χ3n) is 3.68. The summed E-state index contributed by atoms with van der Waals surface area (Å²) in [5, 5.41) is 3.13. The Morgan fingerprint density at radius 1 is 1.40 bits per heavy atom. The number of rotatable bonds is 5. The highest BCUT2D eigenvalue weighted by Gasteiger charge is 2.30. The summed E-state index contributed by atoms with van der Waals surface area (Å²) in [6.07, 6.45) is 4.59. The van der Waals surface area contributed by atoms with Crippen molar-refractivity contribution in [3.63, 3.8) is 0 Å². The fourth-order valence-electron chi connectivity index (χ4n) is 2.25. The van der Waals surface area contributed by atoms with Gasteiger partial charge in [-0.1, -0.05) is 11.3 Å². The Kier molecular flexibility index (Phi) is 3.73. The molecule has 4 rings (SSSR count). The van der Waals surface area contributed by atoms with Gasteiger partial charge in [0.15, 0.2) is 5.13 Å². The molecule has 0 unspecified atom stereocenters. The standard InChI is InChI=1S/C15H14N4O4S2/c1-19-7-13(16-8-19)25(21,22)23-10-4-5-11-12(6-10)24-15(17-11)18-14(20)9-2-3-9/h4-9H,2-3H2,1H3,(H,17,18,20). The summed E-state index contributed by atoms with van der Waals surface area (Å²) < 4.78 is 31.8. The lowest BCUT2D eigenvalue weighted by Gasteiger charge is -2.04. The molecule has 0 aliphatic heterocycles. The quantitative estimate of drug-likeness (QED) is 0.682. The minimum absolute atomic E-state index is 0.0201. The van der Waals surface area contributed by atoms with E-state index < -0.39 is 10.1 Å². The van der Waals surface area contributed by atoms with E-state index in [1.54, 1.807) is 19.2 Å². The summed E-state index contributed by atoms with van der Waals surface area (Å²) in [6.45, 7) is 0. The molecule has 0 spiro atoms. The van der Waals surface area contributed by atoms with Crippen LogP contribution in [-0.2, 0) is 22.0 Å². The number of hydrogen-bond acceptors (Lipinski definition) is 7. The summed E-state index contributed by atoms with van der Waals surface area (Å²) in [5.41, 5.74) is 0.665. The van der Waals surface area contributed by atoms with Crippen molar-refractivity contribution in [1.29, 1.82) is 0 Å². The first-order chi connectivity index (χ1) is 11.9. The molecule has 25 heavy (non-hydrogen) atoms. The molecule has 0 radical (unpaired) electrons. The first-order valence-electron chi connectivity index (χ1n) is 7.55. The highest BCUT2D eigenvalue weighted by molar-refractivity contribution is 7.87. The van der Waals surface area contributed by atoms with Crippen LogP contribution in [0.5, 0.6) is 5.75 Å². The normalized spacial score (nSPS) is 14.6. The maximum Gasteiger partial charge on any atom is 0.358 e. The number of thiazole rings is 1. The molecule has 0 bridgehead atoms. The van der Waals surface area contributed by atoms with E-state index in [1.165, 1.54) is 34.5 Å². The van der Waals surface area contributed by atoms with E-state index in [2.05, 4.69) is 15.3 Å². The Morgan fingerprint density at radius 2 is 2.20 bits per heavy atom. The van der Waals surface area contributed by atoms with E-state index in [1.807, 2.05) is 0 Å². The van der Waals surface area contributed by atoms with Crippen LogP contribution in [0.15, 0.2) is 35.7 Å². The van der Waals surface area contributed by atoms with E-state index in [4.69, 9.17) is 4.18 Å². The molecule has 2 heterocycles. The van der Waals surface area contributed by atoms with Crippen molar-refractivity contribution < 1.29 is 17.4 Å². The largest absolute Gasteiger partial charge is 0.378 e. The Bertz CT molecular complexity index is 1070. The molecule has 1 amide bonds. The number of aromatic nitrogens is 3. The zero-order valence-electron chi connectivity index (χ0n) is 13.2. The number of fused-ring (bicyclic) bond motifs is 1. The molecule has 1 aromatic carbocycles. The van der Waals surface area contributed by atoms with Gasteiger partial charge in [0.05, 0.1) is 16.5 Å². The fourth-order valence-corrected chi connectivity index (χ4v) is 4.06. The summed E-state index contributed by atoms with van der Waals surface area (Å²) in [7, 11) is -2.32. The second kappa shape index (κ2) is 5.81. The molecule has 0 atom stereocenters. The van der Waals surface area contributed by atoms with Crippen molar-refractivity contribution in [2.45, 2.75) is 17.9 Å². The van der Waals surface area contributed by atoms with Crippen molar-refractivity contribution in [1.82, 2.24) is 14.5 Å². The SMILES string of the molecule is Cn1cnc(S(=O)(=O)Oc2ccc3nc(NC(=O)C4CC4)sc3c2)c1. The number of imidazole rings is 1. The van der Waals surface area contributed by atoms with Crippen LogP contribution in [0.3, 0.4) is 0 Å². The molecular formula is C15H14N4O4S2. The molecule has 10 heteroatoms. The smallest absolute Gasteiger partial charge is 0.358 e. The predicted octanol–water partition coefficient (Wildman–Crippen LogP) is 2.15. The number of carbonyl (C=O) groups excluding carboxylic acids is 1. The maximum atomic E-state index is 12.2. The van der Waals surface area contributed by atoms with Crippen LogP contribution in [-0.4, -0.2) is 28.9 Å². The Balaban J connectivity index is 1.57. The summed E-state index contributed by atoms with van der Waals surface area (Å²) in [5.74, 6) is 0.240. The van der Waals surface area contributed by atoms with Gasteiger partial charge in [-0.3, -0.25) is 4.79 Å². The number of carbonyl (C=O) groups is 1. The Hall–Kier alpha value is -2.46. The highest BCUT2D eigenvalue weighted by atomic mass is 32.2. The molecule has 2 aromatic heterocycles. The topological polar surface area (TPSA) is 103 Å². The van der Waals surface area contributed by atoms with Crippen LogP contribution < -0.4 is 9.50 Å². The van der Waals surface area contributed by atoms with Gasteiger partial charge < -0.3 is 14.1 Å². The van der Waals surface area contributed by atoms with Gasteiger partial charge in [0, 0.05) is 25.2 Å². The minimum atomic E-state index is -3.99. The number of amides is 1. The lowest BCUT2D eigenvalue weighted by molar-refractivity contribution is -0.117. The summed E-state index contributed by atoms with van der Waals surface area (Å²) in [4.78, 5) is 19.9.